The molecule has 1 atom stereocenters. The lowest BCUT2D eigenvalue weighted by atomic mass is 10.2. The summed E-state index contributed by atoms with van der Waals surface area (Å²) in [6, 6.07) is 5.39. The van der Waals surface area contributed by atoms with Gasteiger partial charge in [-0.1, -0.05) is 6.92 Å². The van der Waals surface area contributed by atoms with E-state index in [1.54, 1.807) is 18.2 Å². The minimum atomic E-state index is -0.173. The van der Waals surface area contributed by atoms with Gasteiger partial charge in [0.1, 0.15) is 0 Å². The van der Waals surface area contributed by atoms with Gasteiger partial charge >= 0.3 is 0 Å². The second-order valence-corrected chi connectivity index (χ2v) is 4.14. The van der Waals surface area contributed by atoms with E-state index in [9.17, 15) is 4.79 Å². The van der Waals surface area contributed by atoms with Crippen molar-refractivity contribution in [2.75, 3.05) is 11.1 Å². The Labute approximate surface area is 99.1 Å². The van der Waals surface area contributed by atoms with E-state index in [2.05, 4.69) is 22.2 Å². The smallest absolute Gasteiger partial charge is 0.260 e. The Kier molecular flexibility index (Phi) is 2.99. The molecule has 0 aliphatic heterocycles. The highest BCUT2D eigenvalue weighted by atomic mass is 16.1. The first-order valence-corrected chi connectivity index (χ1v) is 5.66. The van der Waals surface area contributed by atoms with Crippen LogP contribution in [0.2, 0.25) is 0 Å². The summed E-state index contributed by atoms with van der Waals surface area (Å²) >= 11 is 0. The first-order valence-electron chi connectivity index (χ1n) is 5.66. The van der Waals surface area contributed by atoms with Crippen LogP contribution in [0.25, 0.3) is 10.9 Å². The number of hydrogen-bond donors (Lipinski definition) is 3. The Bertz CT molecular complexity index is 591. The van der Waals surface area contributed by atoms with E-state index < -0.39 is 0 Å². The molecule has 1 unspecified atom stereocenters. The van der Waals surface area contributed by atoms with Gasteiger partial charge in [-0.3, -0.25) is 9.78 Å². The molecule has 1 aromatic heterocycles. The van der Waals surface area contributed by atoms with Crippen molar-refractivity contribution >= 4 is 22.5 Å². The number of aromatic amines is 1. The molecule has 0 fully saturated rings. The monoisotopic (exact) mass is 232 g/mol. The molecule has 2 aromatic rings. The van der Waals surface area contributed by atoms with Gasteiger partial charge in [0, 0.05) is 11.7 Å². The van der Waals surface area contributed by atoms with Crippen molar-refractivity contribution < 1.29 is 0 Å². The van der Waals surface area contributed by atoms with Gasteiger partial charge in [0.15, 0.2) is 0 Å². The summed E-state index contributed by atoms with van der Waals surface area (Å²) in [6.45, 7) is 4.10. The van der Waals surface area contributed by atoms with Crippen molar-refractivity contribution in [1.82, 2.24) is 9.97 Å². The number of aromatic nitrogens is 2. The topological polar surface area (TPSA) is 83.8 Å². The fraction of sp³-hybridized carbons (Fsp3) is 0.333. The average Bonchev–Trinajstić information content (AvgIpc) is 2.30. The van der Waals surface area contributed by atoms with Crippen LogP contribution in [0, 0.1) is 0 Å². The number of fused-ring (bicyclic) bond motifs is 1. The van der Waals surface area contributed by atoms with Crippen molar-refractivity contribution in [3.8, 4) is 0 Å². The second-order valence-electron chi connectivity index (χ2n) is 4.14. The van der Waals surface area contributed by atoms with E-state index in [-0.39, 0.29) is 11.6 Å². The molecule has 2 rings (SSSR count). The molecular formula is C12H16N4O. The van der Waals surface area contributed by atoms with Crippen LogP contribution in [0.1, 0.15) is 20.3 Å². The van der Waals surface area contributed by atoms with E-state index in [0.717, 1.165) is 6.42 Å². The molecule has 0 bridgehead atoms. The normalized spacial score (nSPS) is 12.6. The molecule has 17 heavy (non-hydrogen) atoms. The third kappa shape index (κ3) is 2.38. The standard InChI is InChI=1S/C12H16N4O/c1-3-7(2)14-12-15-10-5-4-8(13)6-9(10)11(17)16-12/h4-7H,3,13H2,1-2H3,(H2,14,15,16,17). The summed E-state index contributed by atoms with van der Waals surface area (Å²) in [5.74, 6) is 0.502. The van der Waals surface area contributed by atoms with E-state index in [4.69, 9.17) is 5.73 Å². The largest absolute Gasteiger partial charge is 0.399 e. The number of rotatable bonds is 3. The Hall–Kier alpha value is -2.04. The minimum Gasteiger partial charge on any atom is -0.399 e. The predicted molar refractivity (Wildman–Crippen MR) is 70.2 cm³/mol. The van der Waals surface area contributed by atoms with Crippen LogP contribution in [0.4, 0.5) is 11.6 Å². The highest BCUT2D eigenvalue weighted by Gasteiger charge is 2.05. The SMILES string of the molecule is CCC(C)Nc1nc2ccc(N)cc2c(=O)[nH]1. The predicted octanol–water partition coefficient (Wildman–Crippen LogP) is 1.72. The van der Waals surface area contributed by atoms with Gasteiger partial charge in [-0.2, -0.15) is 0 Å². The zero-order valence-electron chi connectivity index (χ0n) is 9.95. The number of H-pyrrole nitrogens is 1. The van der Waals surface area contributed by atoms with Gasteiger partial charge in [-0.25, -0.2) is 4.98 Å². The molecule has 4 N–H and O–H groups in total. The molecule has 0 radical (unpaired) electrons. The van der Waals surface area contributed by atoms with Crippen LogP contribution in [0.5, 0.6) is 0 Å². The van der Waals surface area contributed by atoms with Crippen LogP contribution in [-0.4, -0.2) is 16.0 Å². The third-order valence-corrected chi connectivity index (χ3v) is 2.72. The Morgan fingerprint density at radius 1 is 1.53 bits per heavy atom. The van der Waals surface area contributed by atoms with Gasteiger partial charge in [-0.15, -0.1) is 0 Å². The summed E-state index contributed by atoms with van der Waals surface area (Å²) < 4.78 is 0. The molecule has 5 nitrogen and oxygen atoms in total. The minimum absolute atomic E-state index is 0.173. The molecule has 1 heterocycles. The zero-order chi connectivity index (χ0) is 12.4. The van der Waals surface area contributed by atoms with Crippen LogP contribution in [-0.2, 0) is 0 Å². The second kappa shape index (κ2) is 4.45. The molecule has 1 aromatic carbocycles. The summed E-state index contributed by atoms with van der Waals surface area (Å²) in [7, 11) is 0. The van der Waals surface area contributed by atoms with E-state index >= 15 is 0 Å². The zero-order valence-corrected chi connectivity index (χ0v) is 9.95. The van der Waals surface area contributed by atoms with Crippen molar-refractivity contribution in [2.45, 2.75) is 26.3 Å². The number of benzene rings is 1. The van der Waals surface area contributed by atoms with Gasteiger partial charge in [0.2, 0.25) is 5.95 Å². The number of nitrogens with zero attached hydrogens (tertiary/aromatic N) is 1. The van der Waals surface area contributed by atoms with Crippen molar-refractivity contribution in [1.29, 1.82) is 0 Å². The maximum absolute atomic E-state index is 11.8. The van der Waals surface area contributed by atoms with Crippen LogP contribution in [0.15, 0.2) is 23.0 Å². The molecule has 0 saturated carbocycles. The first-order chi connectivity index (χ1) is 8.10. The Morgan fingerprint density at radius 2 is 2.29 bits per heavy atom. The summed E-state index contributed by atoms with van der Waals surface area (Å²) in [6.07, 6.45) is 0.962. The van der Waals surface area contributed by atoms with E-state index in [1.165, 1.54) is 0 Å². The van der Waals surface area contributed by atoms with Crippen molar-refractivity contribution in [2.24, 2.45) is 0 Å². The van der Waals surface area contributed by atoms with Crippen LogP contribution in [0.3, 0.4) is 0 Å². The maximum atomic E-state index is 11.8. The van der Waals surface area contributed by atoms with Gasteiger partial charge in [0.25, 0.3) is 5.56 Å². The number of nitrogen functional groups attached to an aromatic ring is 1. The maximum Gasteiger partial charge on any atom is 0.260 e. The summed E-state index contributed by atoms with van der Waals surface area (Å²) in [5, 5.41) is 3.65. The van der Waals surface area contributed by atoms with E-state index in [1.807, 2.05) is 6.92 Å². The molecule has 0 saturated heterocycles. The Balaban J connectivity index is 2.49. The van der Waals surface area contributed by atoms with E-state index in [0.29, 0.717) is 22.5 Å². The molecule has 90 valence electrons. The fourth-order valence-corrected chi connectivity index (χ4v) is 1.56. The number of nitrogens with two attached hydrogens (primary N) is 1. The lowest BCUT2D eigenvalue weighted by Gasteiger charge is -2.11. The lowest BCUT2D eigenvalue weighted by molar-refractivity contribution is 0.753. The van der Waals surface area contributed by atoms with Gasteiger partial charge in [-0.05, 0) is 31.5 Å². The van der Waals surface area contributed by atoms with Gasteiger partial charge in [0.05, 0.1) is 10.9 Å². The number of anilines is 2. The highest BCUT2D eigenvalue weighted by molar-refractivity contribution is 5.81. The highest BCUT2D eigenvalue weighted by Crippen LogP contribution is 2.13. The Morgan fingerprint density at radius 3 is 3.00 bits per heavy atom. The number of hydrogen-bond acceptors (Lipinski definition) is 4. The summed E-state index contributed by atoms with van der Waals surface area (Å²) in [5.41, 5.74) is 6.67. The molecular weight excluding hydrogens is 216 g/mol. The molecule has 0 aliphatic carbocycles. The number of nitrogens with one attached hydrogen (secondary N) is 2. The van der Waals surface area contributed by atoms with Gasteiger partial charge < -0.3 is 11.1 Å². The fourth-order valence-electron chi connectivity index (χ4n) is 1.56. The average molecular weight is 232 g/mol. The molecule has 0 amide bonds. The van der Waals surface area contributed by atoms with Crippen molar-refractivity contribution in [3.05, 3.63) is 28.6 Å². The third-order valence-electron chi connectivity index (χ3n) is 2.72. The molecule has 5 heteroatoms. The van der Waals surface area contributed by atoms with Crippen LogP contribution >= 0.6 is 0 Å². The molecule has 0 spiro atoms. The summed E-state index contributed by atoms with van der Waals surface area (Å²) in [4.78, 5) is 18.9. The lowest BCUT2D eigenvalue weighted by Crippen LogP contribution is -2.19. The quantitative estimate of drug-likeness (QED) is 0.703. The molecule has 0 aliphatic rings. The van der Waals surface area contributed by atoms with Crippen LogP contribution < -0.4 is 16.6 Å². The van der Waals surface area contributed by atoms with Crippen molar-refractivity contribution in [3.63, 3.8) is 0 Å². The first kappa shape index (κ1) is 11.4.